The van der Waals surface area contributed by atoms with Crippen molar-refractivity contribution in [3.63, 3.8) is 0 Å². The van der Waals surface area contributed by atoms with Crippen LogP contribution in [0.4, 0.5) is 10.1 Å². The van der Waals surface area contributed by atoms with Crippen LogP contribution >= 0.6 is 0 Å². The molecule has 0 bridgehead atoms. The molecule has 5 heteroatoms. The van der Waals surface area contributed by atoms with E-state index < -0.39 is 5.82 Å². The summed E-state index contributed by atoms with van der Waals surface area (Å²) in [4.78, 5) is 12.5. The maximum Gasteiger partial charge on any atom is 0.251 e. The molecule has 0 heterocycles. The number of carbonyl (C=O) groups is 1. The standard InChI is InChI=1S/C18H19FN2O2/c1-23-17-10-12(5-8-15(17)19)18(22)21-16-4-2-3-11-9-13(20)6-7-14(11)16/h5-10,16H,2-4,20H2,1H3,(H,21,22). The first-order valence-corrected chi connectivity index (χ1v) is 7.61. The van der Waals surface area contributed by atoms with E-state index in [2.05, 4.69) is 5.32 Å². The topological polar surface area (TPSA) is 64.3 Å². The Hall–Kier alpha value is -2.56. The van der Waals surface area contributed by atoms with Crippen LogP contribution in [-0.2, 0) is 6.42 Å². The number of anilines is 1. The van der Waals surface area contributed by atoms with Crippen LogP contribution in [0.25, 0.3) is 0 Å². The lowest BCUT2D eigenvalue weighted by Gasteiger charge is -2.26. The van der Waals surface area contributed by atoms with Crippen LogP contribution in [0, 0.1) is 5.82 Å². The Labute approximate surface area is 134 Å². The molecule has 4 nitrogen and oxygen atoms in total. The SMILES string of the molecule is COc1cc(C(=O)NC2CCCc3cc(N)ccc32)ccc1F. The molecule has 3 rings (SSSR count). The molecule has 0 aliphatic heterocycles. The number of halogens is 1. The minimum Gasteiger partial charge on any atom is -0.494 e. The molecule has 2 aromatic carbocycles. The number of amides is 1. The van der Waals surface area contributed by atoms with E-state index in [9.17, 15) is 9.18 Å². The van der Waals surface area contributed by atoms with Gasteiger partial charge < -0.3 is 15.8 Å². The number of aryl methyl sites for hydroxylation is 1. The average molecular weight is 314 g/mol. The number of methoxy groups -OCH3 is 1. The molecule has 23 heavy (non-hydrogen) atoms. The van der Waals surface area contributed by atoms with Crippen LogP contribution in [0.3, 0.4) is 0 Å². The van der Waals surface area contributed by atoms with Crippen LogP contribution in [0.5, 0.6) is 5.75 Å². The number of benzene rings is 2. The summed E-state index contributed by atoms with van der Waals surface area (Å²) in [6.45, 7) is 0. The highest BCUT2D eigenvalue weighted by molar-refractivity contribution is 5.94. The molecule has 1 unspecified atom stereocenters. The zero-order chi connectivity index (χ0) is 16.4. The number of hydrogen-bond donors (Lipinski definition) is 2. The highest BCUT2D eigenvalue weighted by Crippen LogP contribution is 2.31. The third-order valence-corrected chi connectivity index (χ3v) is 4.20. The molecule has 2 aromatic rings. The molecule has 120 valence electrons. The van der Waals surface area contributed by atoms with Gasteiger partial charge in [-0.1, -0.05) is 6.07 Å². The van der Waals surface area contributed by atoms with E-state index in [1.54, 1.807) is 0 Å². The lowest BCUT2D eigenvalue weighted by atomic mass is 9.87. The van der Waals surface area contributed by atoms with Crippen LogP contribution in [-0.4, -0.2) is 13.0 Å². The van der Waals surface area contributed by atoms with Gasteiger partial charge in [0, 0.05) is 11.3 Å². The van der Waals surface area contributed by atoms with E-state index in [0.717, 1.165) is 30.5 Å². The van der Waals surface area contributed by atoms with Gasteiger partial charge in [0.1, 0.15) is 0 Å². The summed E-state index contributed by atoms with van der Waals surface area (Å²) in [5, 5.41) is 3.02. The fourth-order valence-corrected chi connectivity index (χ4v) is 3.03. The Morgan fingerprint density at radius 3 is 2.91 bits per heavy atom. The molecule has 0 spiro atoms. The van der Waals surface area contributed by atoms with E-state index in [1.165, 1.54) is 30.9 Å². The Morgan fingerprint density at radius 1 is 1.30 bits per heavy atom. The Morgan fingerprint density at radius 2 is 2.13 bits per heavy atom. The predicted octanol–water partition coefficient (Wildman–Crippen LogP) is 3.22. The number of carbonyl (C=O) groups excluding carboxylic acids is 1. The van der Waals surface area contributed by atoms with Crippen molar-refractivity contribution in [2.45, 2.75) is 25.3 Å². The third kappa shape index (κ3) is 3.13. The van der Waals surface area contributed by atoms with Crippen LogP contribution in [0.1, 0.15) is 40.4 Å². The van der Waals surface area contributed by atoms with E-state index in [0.29, 0.717) is 5.56 Å². The van der Waals surface area contributed by atoms with Gasteiger partial charge in [-0.2, -0.15) is 0 Å². The summed E-state index contributed by atoms with van der Waals surface area (Å²) in [5.41, 5.74) is 9.23. The highest BCUT2D eigenvalue weighted by atomic mass is 19.1. The van der Waals surface area contributed by atoms with Gasteiger partial charge in [-0.15, -0.1) is 0 Å². The maximum absolute atomic E-state index is 13.5. The van der Waals surface area contributed by atoms with E-state index in [1.807, 2.05) is 18.2 Å². The molecule has 0 saturated heterocycles. The number of hydrogen-bond acceptors (Lipinski definition) is 3. The molecule has 1 aliphatic carbocycles. The molecule has 1 atom stereocenters. The fourth-order valence-electron chi connectivity index (χ4n) is 3.03. The summed E-state index contributed by atoms with van der Waals surface area (Å²) in [5.74, 6) is -0.657. The second kappa shape index (κ2) is 6.28. The first-order chi connectivity index (χ1) is 11.1. The minimum atomic E-state index is -0.484. The van der Waals surface area contributed by atoms with Gasteiger partial charge in [-0.3, -0.25) is 4.79 Å². The number of nitrogens with two attached hydrogens (primary N) is 1. The summed E-state index contributed by atoms with van der Waals surface area (Å²) >= 11 is 0. The van der Waals surface area contributed by atoms with Gasteiger partial charge in [0.15, 0.2) is 11.6 Å². The Balaban J connectivity index is 1.82. The van der Waals surface area contributed by atoms with Crippen molar-refractivity contribution >= 4 is 11.6 Å². The molecule has 0 fully saturated rings. The molecule has 0 aromatic heterocycles. The van der Waals surface area contributed by atoms with E-state index in [4.69, 9.17) is 10.5 Å². The zero-order valence-corrected chi connectivity index (χ0v) is 12.9. The van der Waals surface area contributed by atoms with E-state index in [-0.39, 0.29) is 17.7 Å². The first-order valence-electron chi connectivity index (χ1n) is 7.61. The number of ether oxygens (including phenoxy) is 1. The fraction of sp³-hybridized carbons (Fsp3) is 0.278. The van der Waals surface area contributed by atoms with Crippen molar-refractivity contribution < 1.29 is 13.9 Å². The van der Waals surface area contributed by atoms with Crippen LogP contribution in [0.15, 0.2) is 36.4 Å². The monoisotopic (exact) mass is 314 g/mol. The molecule has 1 aliphatic rings. The molecule has 3 N–H and O–H groups in total. The lowest BCUT2D eigenvalue weighted by molar-refractivity contribution is 0.0932. The minimum absolute atomic E-state index is 0.0529. The second-order valence-corrected chi connectivity index (χ2v) is 5.73. The molecule has 1 amide bonds. The predicted molar refractivity (Wildman–Crippen MR) is 87.0 cm³/mol. The molecular formula is C18H19FN2O2. The zero-order valence-electron chi connectivity index (χ0n) is 12.9. The quantitative estimate of drug-likeness (QED) is 0.855. The number of nitrogens with one attached hydrogen (secondary N) is 1. The molecule has 0 radical (unpaired) electrons. The van der Waals surface area contributed by atoms with Crippen molar-refractivity contribution in [1.29, 1.82) is 0 Å². The molecular weight excluding hydrogens is 295 g/mol. The Bertz CT molecular complexity index is 746. The van der Waals surface area contributed by atoms with Crippen molar-refractivity contribution in [3.05, 3.63) is 58.9 Å². The van der Waals surface area contributed by atoms with Gasteiger partial charge in [0.05, 0.1) is 13.2 Å². The van der Waals surface area contributed by atoms with Crippen LogP contribution < -0.4 is 15.8 Å². The van der Waals surface area contributed by atoms with Crippen molar-refractivity contribution in [3.8, 4) is 5.75 Å². The smallest absolute Gasteiger partial charge is 0.251 e. The van der Waals surface area contributed by atoms with Gasteiger partial charge >= 0.3 is 0 Å². The summed E-state index contributed by atoms with van der Waals surface area (Å²) in [6.07, 6.45) is 2.84. The first kappa shape index (κ1) is 15.3. The van der Waals surface area contributed by atoms with E-state index >= 15 is 0 Å². The van der Waals surface area contributed by atoms with Crippen molar-refractivity contribution in [2.75, 3.05) is 12.8 Å². The van der Waals surface area contributed by atoms with Gasteiger partial charge in [0.2, 0.25) is 0 Å². The lowest BCUT2D eigenvalue weighted by Crippen LogP contribution is -2.31. The summed E-state index contributed by atoms with van der Waals surface area (Å²) < 4.78 is 18.4. The normalized spacial score (nSPS) is 16.5. The Kier molecular flexibility index (Phi) is 4.19. The number of fused-ring (bicyclic) bond motifs is 1. The van der Waals surface area contributed by atoms with Crippen LogP contribution in [0.2, 0.25) is 0 Å². The van der Waals surface area contributed by atoms with Crippen molar-refractivity contribution in [1.82, 2.24) is 5.32 Å². The summed E-state index contributed by atoms with van der Waals surface area (Å²) in [7, 11) is 1.38. The number of nitrogen functional groups attached to an aromatic ring is 1. The number of rotatable bonds is 3. The molecule has 0 saturated carbocycles. The van der Waals surface area contributed by atoms with Gasteiger partial charge in [0.25, 0.3) is 5.91 Å². The largest absolute Gasteiger partial charge is 0.494 e. The third-order valence-electron chi connectivity index (χ3n) is 4.20. The average Bonchev–Trinajstić information content (AvgIpc) is 2.55. The summed E-state index contributed by atoms with van der Waals surface area (Å²) in [6, 6.07) is 9.85. The highest BCUT2D eigenvalue weighted by Gasteiger charge is 2.22. The van der Waals surface area contributed by atoms with Gasteiger partial charge in [-0.05, 0) is 60.7 Å². The maximum atomic E-state index is 13.5. The second-order valence-electron chi connectivity index (χ2n) is 5.73. The van der Waals surface area contributed by atoms with Crippen molar-refractivity contribution in [2.24, 2.45) is 0 Å². The van der Waals surface area contributed by atoms with Gasteiger partial charge in [-0.25, -0.2) is 4.39 Å².